The molecule has 2 N–H and O–H groups in total. The van der Waals surface area contributed by atoms with Crippen molar-refractivity contribution < 1.29 is 14.3 Å². The molecule has 24 heavy (non-hydrogen) atoms. The maximum atomic E-state index is 11.9. The summed E-state index contributed by atoms with van der Waals surface area (Å²) in [5.41, 5.74) is 0.404. The fraction of sp³-hybridized carbons (Fsp3) is 0.176. The Balaban J connectivity index is 1.64. The van der Waals surface area contributed by atoms with Gasteiger partial charge in [-0.05, 0) is 42.5 Å². The van der Waals surface area contributed by atoms with Gasteiger partial charge in [0.25, 0.3) is 5.91 Å². The molecule has 0 saturated heterocycles. The number of rotatable bonds is 7. The van der Waals surface area contributed by atoms with Crippen LogP contribution in [-0.4, -0.2) is 31.5 Å². The van der Waals surface area contributed by atoms with Crippen LogP contribution in [0.1, 0.15) is 10.4 Å². The molecule has 0 unspecified atom stereocenters. The highest BCUT2D eigenvalue weighted by Crippen LogP contribution is 2.15. The normalized spacial score (nSPS) is 10.1. The van der Waals surface area contributed by atoms with E-state index < -0.39 is 0 Å². The van der Waals surface area contributed by atoms with Gasteiger partial charge < -0.3 is 15.4 Å². The van der Waals surface area contributed by atoms with Crippen LogP contribution in [0.3, 0.4) is 0 Å². The first-order valence-electron chi connectivity index (χ1n) is 7.23. The van der Waals surface area contributed by atoms with E-state index in [1.165, 1.54) is 6.07 Å². The molecule has 0 spiro atoms. The molecule has 2 rings (SSSR count). The largest absolute Gasteiger partial charge is 0.492 e. The van der Waals surface area contributed by atoms with Gasteiger partial charge in [0.1, 0.15) is 12.4 Å². The van der Waals surface area contributed by atoms with E-state index in [1.807, 2.05) is 0 Å². The smallest absolute Gasteiger partial charge is 0.251 e. The lowest BCUT2D eigenvalue weighted by Crippen LogP contribution is -2.38. The van der Waals surface area contributed by atoms with Crippen LogP contribution >= 0.6 is 23.2 Å². The molecule has 2 aromatic rings. The molecule has 0 aliphatic heterocycles. The molecule has 0 aliphatic rings. The highest BCUT2D eigenvalue weighted by atomic mass is 35.5. The van der Waals surface area contributed by atoms with E-state index in [2.05, 4.69) is 10.6 Å². The number of benzene rings is 2. The Bertz CT molecular complexity index is 705. The fourth-order valence-corrected chi connectivity index (χ4v) is 2.16. The molecule has 5 nitrogen and oxygen atoms in total. The van der Waals surface area contributed by atoms with Crippen LogP contribution in [0.15, 0.2) is 48.5 Å². The minimum atomic E-state index is -0.356. The average molecular weight is 367 g/mol. The van der Waals surface area contributed by atoms with Crippen LogP contribution in [0.5, 0.6) is 5.75 Å². The topological polar surface area (TPSA) is 67.4 Å². The molecule has 0 aromatic heterocycles. The Morgan fingerprint density at radius 2 is 1.71 bits per heavy atom. The molecule has 0 heterocycles. The van der Waals surface area contributed by atoms with Gasteiger partial charge in [-0.2, -0.15) is 0 Å². The summed E-state index contributed by atoms with van der Waals surface area (Å²) in [5.74, 6) is 0.0121. The highest BCUT2D eigenvalue weighted by molar-refractivity contribution is 6.31. The molecular weight excluding hydrogens is 351 g/mol. The standard InChI is InChI=1S/C17H16Cl2N2O3/c18-13-4-6-15(7-5-13)24-9-8-20-16(22)11-21-17(23)12-2-1-3-14(19)10-12/h1-7,10H,8-9,11H2,(H,20,22)(H,21,23). The van der Waals surface area contributed by atoms with Crippen LogP contribution < -0.4 is 15.4 Å². The van der Waals surface area contributed by atoms with Gasteiger partial charge in [0.2, 0.25) is 5.91 Å². The zero-order valence-corrected chi connectivity index (χ0v) is 14.2. The number of ether oxygens (including phenoxy) is 1. The van der Waals surface area contributed by atoms with E-state index in [0.717, 1.165) is 0 Å². The zero-order valence-electron chi connectivity index (χ0n) is 12.7. The summed E-state index contributed by atoms with van der Waals surface area (Å²) >= 11 is 11.6. The third-order valence-electron chi connectivity index (χ3n) is 3.00. The Morgan fingerprint density at radius 1 is 0.958 bits per heavy atom. The summed E-state index contributed by atoms with van der Waals surface area (Å²) in [7, 11) is 0. The second-order valence-electron chi connectivity index (χ2n) is 4.85. The predicted octanol–water partition coefficient (Wildman–Crippen LogP) is 2.92. The van der Waals surface area contributed by atoms with Crippen LogP contribution in [0, 0.1) is 0 Å². The van der Waals surface area contributed by atoms with Crippen molar-refractivity contribution >= 4 is 35.0 Å². The Hall–Kier alpha value is -2.24. The number of carbonyl (C=O) groups is 2. The van der Waals surface area contributed by atoms with Crippen molar-refractivity contribution in [3.05, 3.63) is 64.1 Å². The molecule has 0 radical (unpaired) electrons. The minimum Gasteiger partial charge on any atom is -0.492 e. The monoisotopic (exact) mass is 366 g/mol. The van der Waals surface area contributed by atoms with Gasteiger partial charge in [0, 0.05) is 15.6 Å². The number of hydrogen-bond acceptors (Lipinski definition) is 3. The molecule has 0 saturated carbocycles. The summed E-state index contributed by atoms with van der Waals surface area (Å²) in [6.07, 6.45) is 0. The van der Waals surface area contributed by atoms with Crippen LogP contribution in [0.4, 0.5) is 0 Å². The van der Waals surface area contributed by atoms with Gasteiger partial charge in [-0.15, -0.1) is 0 Å². The summed E-state index contributed by atoms with van der Waals surface area (Å²) in [6, 6.07) is 13.4. The maximum Gasteiger partial charge on any atom is 0.251 e. The van der Waals surface area contributed by atoms with Crippen molar-refractivity contribution in [1.29, 1.82) is 0 Å². The summed E-state index contributed by atoms with van der Waals surface area (Å²) in [4.78, 5) is 23.5. The molecular formula is C17H16Cl2N2O3. The quantitative estimate of drug-likeness (QED) is 0.740. The first kappa shape index (κ1) is 18.1. The van der Waals surface area contributed by atoms with E-state index in [4.69, 9.17) is 27.9 Å². The van der Waals surface area contributed by atoms with Crippen LogP contribution in [-0.2, 0) is 4.79 Å². The lowest BCUT2D eigenvalue weighted by atomic mass is 10.2. The first-order chi connectivity index (χ1) is 11.5. The molecule has 0 fully saturated rings. The maximum absolute atomic E-state index is 11.9. The fourth-order valence-electron chi connectivity index (χ4n) is 1.84. The molecule has 7 heteroatoms. The summed E-state index contributed by atoms with van der Waals surface area (Å²) in [6.45, 7) is 0.524. The van der Waals surface area contributed by atoms with E-state index in [-0.39, 0.29) is 18.4 Å². The van der Waals surface area contributed by atoms with E-state index in [0.29, 0.717) is 34.5 Å². The number of amides is 2. The van der Waals surface area contributed by atoms with E-state index in [1.54, 1.807) is 42.5 Å². The highest BCUT2D eigenvalue weighted by Gasteiger charge is 2.08. The predicted molar refractivity (Wildman–Crippen MR) is 93.7 cm³/mol. The van der Waals surface area contributed by atoms with Gasteiger partial charge >= 0.3 is 0 Å². The van der Waals surface area contributed by atoms with Gasteiger partial charge in [-0.25, -0.2) is 0 Å². The van der Waals surface area contributed by atoms with Gasteiger partial charge in [-0.1, -0.05) is 29.3 Å². The number of carbonyl (C=O) groups excluding carboxylic acids is 2. The van der Waals surface area contributed by atoms with Crippen molar-refractivity contribution in [3.8, 4) is 5.75 Å². The number of nitrogens with one attached hydrogen (secondary N) is 2. The lowest BCUT2D eigenvalue weighted by Gasteiger charge is -2.09. The van der Waals surface area contributed by atoms with Crippen LogP contribution in [0.25, 0.3) is 0 Å². The minimum absolute atomic E-state index is 0.119. The second-order valence-corrected chi connectivity index (χ2v) is 5.72. The van der Waals surface area contributed by atoms with Crippen molar-refractivity contribution in [1.82, 2.24) is 10.6 Å². The molecule has 0 atom stereocenters. The molecule has 126 valence electrons. The average Bonchev–Trinajstić information content (AvgIpc) is 2.58. The second kappa shape index (κ2) is 9.15. The third-order valence-corrected chi connectivity index (χ3v) is 3.49. The third kappa shape index (κ3) is 6.10. The van der Waals surface area contributed by atoms with Gasteiger partial charge in [0.15, 0.2) is 0 Å². The summed E-state index contributed by atoms with van der Waals surface area (Å²) in [5, 5.41) is 6.27. The molecule has 0 aliphatic carbocycles. The number of hydrogen-bond donors (Lipinski definition) is 2. The Kier molecular flexibility index (Phi) is 6.90. The van der Waals surface area contributed by atoms with Crippen molar-refractivity contribution in [2.24, 2.45) is 0 Å². The van der Waals surface area contributed by atoms with Crippen molar-refractivity contribution in [3.63, 3.8) is 0 Å². The summed E-state index contributed by atoms with van der Waals surface area (Å²) < 4.78 is 5.44. The zero-order chi connectivity index (χ0) is 17.4. The molecule has 2 amide bonds. The number of halogens is 2. The Labute approximate surface area is 149 Å². The SMILES string of the molecule is O=C(CNC(=O)c1cccc(Cl)c1)NCCOc1ccc(Cl)cc1. The molecule has 2 aromatic carbocycles. The van der Waals surface area contributed by atoms with Crippen molar-refractivity contribution in [2.45, 2.75) is 0 Å². The first-order valence-corrected chi connectivity index (χ1v) is 7.99. The molecule has 0 bridgehead atoms. The van der Waals surface area contributed by atoms with E-state index in [9.17, 15) is 9.59 Å². The van der Waals surface area contributed by atoms with Crippen LogP contribution in [0.2, 0.25) is 10.0 Å². The lowest BCUT2D eigenvalue weighted by molar-refractivity contribution is -0.120. The van der Waals surface area contributed by atoms with E-state index >= 15 is 0 Å². The van der Waals surface area contributed by atoms with Crippen molar-refractivity contribution in [2.75, 3.05) is 19.7 Å². The Morgan fingerprint density at radius 3 is 2.42 bits per heavy atom. The van der Waals surface area contributed by atoms with Gasteiger partial charge in [0.05, 0.1) is 13.1 Å². The van der Waals surface area contributed by atoms with Gasteiger partial charge in [-0.3, -0.25) is 9.59 Å².